The van der Waals surface area contributed by atoms with Crippen LogP contribution in [-0.2, 0) is 19.3 Å². The van der Waals surface area contributed by atoms with Crippen molar-refractivity contribution in [1.82, 2.24) is 0 Å². The fourth-order valence-corrected chi connectivity index (χ4v) is 2.84. The molecule has 1 aromatic rings. The molecule has 0 nitrogen and oxygen atoms in total. The van der Waals surface area contributed by atoms with Gasteiger partial charge in [-0.2, -0.15) is 0 Å². The molecule has 0 amide bonds. The lowest BCUT2D eigenvalue weighted by molar-refractivity contribution is 0.665. The van der Waals surface area contributed by atoms with Crippen molar-refractivity contribution in [3.8, 4) is 0 Å². The number of rotatable bonds is 0. The average Bonchev–Trinajstić information content (AvgIpc) is 2.29. The standard InChI is InChI=1S/C14H16/c1-3-7-13-11(5-1)9-10-12-6-2-4-8-14(12)13/h9-10H,1-5,7-8H2. The third-order valence-corrected chi connectivity index (χ3v) is 3.57. The van der Waals surface area contributed by atoms with Gasteiger partial charge in [-0.1, -0.05) is 12.1 Å². The summed E-state index contributed by atoms with van der Waals surface area (Å²) >= 11 is 0. The van der Waals surface area contributed by atoms with E-state index in [0.717, 1.165) is 6.42 Å². The molecule has 14 heavy (non-hydrogen) atoms. The smallest absolute Gasteiger partial charge is 0.0167 e. The zero-order chi connectivity index (χ0) is 9.38. The summed E-state index contributed by atoms with van der Waals surface area (Å²) in [5.41, 5.74) is 6.35. The summed E-state index contributed by atoms with van der Waals surface area (Å²) in [4.78, 5) is 0. The van der Waals surface area contributed by atoms with Gasteiger partial charge in [0.25, 0.3) is 0 Å². The van der Waals surface area contributed by atoms with Crippen LogP contribution in [0.5, 0.6) is 0 Å². The van der Waals surface area contributed by atoms with E-state index >= 15 is 0 Å². The Kier molecular flexibility index (Phi) is 2.08. The Balaban J connectivity index is 2.12. The van der Waals surface area contributed by atoms with Crippen molar-refractivity contribution in [2.24, 2.45) is 0 Å². The molecular weight excluding hydrogens is 168 g/mol. The lowest BCUT2D eigenvalue weighted by Gasteiger charge is -2.24. The van der Waals surface area contributed by atoms with E-state index in [-0.39, 0.29) is 0 Å². The van der Waals surface area contributed by atoms with Crippen molar-refractivity contribution in [3.05, 3.63) is 40.8 Å². The van der Waals surface area contributed by atoms with E-state index in [1.807, 2.05) is 0 Å². The van der Waals surface area contributed by atoms with Crippen LogP contribution >= 0.6 is 0 Å². The highest BCUT2D eigenvalue weighted by molar-refractivity contribution is 5.46. The molecule has 2 aliphatic rings. The van der Waals surface area contributed by atoms with E-state index in [9.17, 15) is 0 Å². The van der Waals surface area contributed by atoms with Gasteiger partial charge in [-0.15, -0.1) is 0 Å². The second kappa shape index (κ2) is 3.42. The summed E-state index contributed by atoms with van der Waals surface area (Å²) in [6, 6.07) is 4.63. The van der Waals surface area contributed by atoms with Crippen LogP contribution in [0.25, 0.3) is 0 Å². The van der Waals surface area contributed by atoms with Gasteiger partial charge in [0.15, 0.2) is 0 Å². The fourth-order valence-electron chi connectivity index (χ4n) is 2.84. The number of hydrogen-bond donors (Lipinski definition) is 0. The maximum absolute atomic E-state index is 3.51. The quantitative estimate of drug-likeness (QED) is 0.580. The summed E-state index contributed by atoms with van der Waals surface area (Å²) in [5, 5.41) is 0. The minimum atomic E-state index is 1.16. The molecule has 0 atom stereocenters. The second-order valence-corrected chi connectivity index (χ2v) is 4.47. The van der Waals surface area contributed by atoms with E-state index in [0.29, 0.717) is 0 Å². The molecule has 0 spiro atoms. The van der Waals surface area contributed by atoms with Crippen molar-refractivity contribution in [3.63, 3.8) is 0 Å². The van der Waals surface area contributed by atoms with Crippen LogP contribution in [0.1, 0.15) is 47.9 Å². The molecule has 72 valence electrons. The zero-order valence-corrected chi connectivity index (χ0v) is 8.60. The summed E-state index contributed by atoms with van der Waals surface area (Å²) in [6.45, 7) is 0. The first-order valence-corrected chi connectivity index (χ1v) is 5.82. The molecule has 0 bridgehead atoms. The van der Waals surface area contributed by atoms with Crippen molar-refractivity contribution in [1.29, 1.82) is 0 Å². The van der Waals surface area contributed by atoms with Gasteiger partial charge < -0.3 is 0 Å². The van der Waals surface area contributed by atoms with Crippen LogP contribution in [0.2, 0.25) is 0 Å². The Morgan fingerprint density at radius 2 is 1.71 bits per heavy atom. The number of benzene rings is 1. The maximum atomic E-state index is 3.51. The highest BCUT2D eigenvalue weighted by Gasteiger charge is 2.18. The number of fused-ring (bicyclic) bond motifs is 3. The summed E-state index contributed by atoms with van der Waals surface area (Å²) in [5.74, 6) is 0. The Morgan fingerprint density at radius 1 is 0.857 bits per heavy atom. The first-order chi connectivity index (χ1) is 6.95. The third kappa shape index (κ3) is 1.28. The molecule has 0 unspecified atom stereocenters. The molecule has 2 radical (unpaired) electrons. The SMILES string of the molecule is [C]1CCCc2c1ccc1c2CCCC1. The highest BCUT2D eigenvalue weighted by Crippen LogP contribution is 2.32. The third-order valence-electron chi connectivity index (χ3n) is 3.57. The van der Waals surface area contributed by atoms with Gasteiger partial charge >= 0.3 is 0 Å². The maximum Gasteiger partial charge on any atom is 0.0167 e. The van der Waals surface area contributed by atoms with Crippen LogP contribution in [0, 0.1) is 6.42 Å². The van der Waals surface area contributed by atoms with Crippen LogP contribution in [-0.4, -0.2) is 0 Å². The van der Waals surface area contributed by atoms with E-state index in [1.54, 1.807) is 16.7 Å². The summed E-state index contributed by atoms with van der Waals surface area (Å²) in [6.07, 6.45) is 12.7. The van der Waals surface area contributed by atoms with Crippen molar-refractivity contribution < 1.29 is 0 Å². The lowest BCUT2D eigenvalue weighted by Crippen LogP contribution is -2.11. The molecule has 0 fully saturated rings. The van der Waals surface area contributed by atoms with Gasteiger partial charge in [-0.25, -0.2) is 0 Å². The predicted octanol–water partition coefficient (Wildman–Crippen LogP) is 3.33. The molecule has 0 aliphatic heterocycles. The summed E-state index contributed by atoms with van der Waals surface area (Å²) in [7, 11) is 0. The second-order valence-electron chi connectivity index (χ2n) is 4.47. The Bertz CT molecular complexity index is 314. The molecule has 0 heteroatoms. The van der Waals surface area contributed by atoms with Gasteiger partial charge in [-0.05, 0) is 67.2 Å². The minimum Gasteiger partial charge on any atom is -0.0585 e. The first kappa shape index (κ1) is 8.52. The molecule has 3 rings (SSSR count). The van der Waals surface area contributed by atoms with Crippen molar-refractivity contribution >= 4 is 0 Å². The molecule has 0 heterocycles. The van der Waals surface area contributed by atoms with Gasteiger partial charge in [0, 0.05) is 6.42 Å². The number of hydrogen-bond acceptors (Lipinski definition) is 0. The molecule has 0 saturated carbocycles. The molecule has 0 saturated heterocycles. The molecule has 0 N–H and O–H groups in total. The van der Waals surface area contributed by atoms with E-state index in [2.05, 4.69) is 18.6 Å². The van der Waals surface area contributed by atoms with Crippen LogP contribution in [0.3, 0.4) is 0 Å². The Morgan fingerprint density at radius 3 is 2.71 bits per heavy atom. The lowest BCUT2D eigenvalue weighted by atomic mass is 9.81. The van der Waals surface area contributed by atoms with Gasteiger partial charge in [0.2, 0.25) is 0 Å². The summed E-state index contributed by atoms with van der Waals surface area (Å²) < 4.78 is 0. The van der Waals surface area contributed by atoms with Crippen molar-refractivity contribution in [2.75, 3.05) is 0 Å². The largest absolute Gasteiger partial charge is 0.0585 e. The van der Waals surface area contributed by atoms with Crippen LogP contribution in [0.4, 0.5) is 0 Å². The average molecular weight is 184 g/mol. The zero-order valence-electron chi connectivity index (χ0n) is 8.60. The van der Waals surface area contributed by atoms with E-state index in [1.165, 1.54) is 44.1 Å². The fraction of sp³-hybridized carbons (Fsp3) is 0.500. The monoisotopic (exact) mass is 184 g/mol. The first-order valence-electron chi connectivity index (χ1n) is 5.82. The van der Waals surface area contributed by atoms with Crippen molar-refractivity contribution in [2.45, 2.75) is 44.9 Å². The van der Waals surface area contributed by atoms with Gasteiger partial charge in [0.05, 0.1) is 0 Å². The van der Waals surface area contributed by atoms with E-state index in [4.69, 9.17) is 0 Å². The Hall–Kier alpha value is -0.780. The van der Waals surface area contributed by atoms with Gasteiger partial charge in [0.1, 0.15) is 0 Å². The van der Waals surface area contributed by atoms with Crippen LogP contribution in [0.15, 0.2) is 12.1 Å². The highest BCUT2D eigenvalue weighted by atomic mass is 14.2. The number of aryl methyl sites for hydroxylation is 1. The minimum absolute atomic E-state index is 1.16. The molecular formula is C14H16. The molecule has 2 aliphatic carbocycles. The Labute approximate surface area is 86.3 Å². The molecule has 0 aromatic heterocycles. The van der Waals surface area contributed by atoms with E-state index < -0.39 is 0 Å². The molecule has 1 aromatic carbocycles. The topological polar surface area (TPSA) is 0 Å². The normalized spacial score (nSPS) is 20.0. The predicted molar refractivity (Wildman–Crippen MR) is 58.4 cm³/mol. The van der Waals surface area contributed by atoms with Gasteiger partial charge in [-0.3, -0.25) is 0 Å². The van der Waals surface area contributed by atoms with Crippen LogP contribution < -0.4 is 0 Å².